The minimum atomic E-state index is -0.297. The molecule has 3 aromatic rings. The van der Waals surface area contributed by atoms with Crippen molar-refractivity contribution in [2.24, 2.45) is 7.05 Å². The summed E-state index contributed by atoms with van der Waals surface area (Å²) in [6, 6.07) is 14.0. The number of benzene rings is 2. The number of para-hydroxylation sites is 1. The fourth-order valence-electron chi connectivity index (χ4n) is 2.65. The molecule has 7 nitrogen and oxygen atoms in total. The summed E-state index contributed by atoms with van der Waals surface area (Å²) >= 11 is 0. The number of carbonyl (C=O) groups is 2. The molecule has 0 radical (unpaired) electrons. The Morgan fingerprint density at radius 2 is 1.81 bits per heavy atom. The number of nitrogens with one attached hydrogen (secondary N) is 2. The van der Waals surface area contributed by atoms with Gasteiger partial charge in [0.25, 0.3) is 11.8 Å². The van der Waals surface area contributed by atoms with Crippen LogP contribution in [0.2, 0.25) is 0 Å². The van der Waals surface area contributed by atoms with Crippen LogP contribution in [0.4, 0.5) is 11.4 Å². The number of hydrogen-bond donors (Lipinski definition) is 2. The second-order valence-electron chi connectivity index (χ2n) is 5.98. The first kappa shape index (κ1) is 18.2. The van der Waals surface area contributed by atoms with Crippen molar-refractivity contribution in [2.75, 3.05) is 17.7 Å². The van der Waals surface area contributed by atoms with E-state index < -0.39 is 0 Å². The third-order valence-corrected chi connectivity index (χ3v) is 4.15. The van der Waals surface area contributed by atoms with Crippen molar-refractivity contribution in [3.63, 3.8) is 0 Å². The van der Waals surface area contributed by atoms with E-state index in [-0.39, 0.29) is 11.8 Å². The first-order valence-electron chi connectivity index (χ1n) is 8.34. The van der Waals surface area contributed by atoms with Gasteiger partial charge in [0.05, 0.1) is 12.7 Å². The zero-order chi connectivity index (χ0) is 19.4. The molecule has 2 N–H and O–H groups in total. The van der Waals surface area contributed by atoms with Gasteiger partial charge in [-0.2, -0.15) is 5.10 Å². The number of hydrogen-bond acceptors (Lipinski definition) is 4. The summed E-state index contributed by atoms with van der Waals surface area (Å²) in [7, 11) is 3.17. The molecule has 1 aromatic heterocycles. The second-order valence-corrected chi connectivity index (χ2v) is 5.98. The minimum absolute atomic E-state index is 0.286. The van der Waals surface area contributed by atoms with Crippen LogP contribution in [0.5, 0.6) is 5.75 Å². The molecule has 2 aromatic carbocycles. The largest absolute Gasteiger partial charge is 0.496 e. The van der Waals surface area contributed by atoms with Crippen LogP contribution in [-0.4, -0.2) is 28.7 Å². The van der Waals surface area contributed by atoms with E-state index in [1.807, 2.05) is 31.2 Å². The topological polar surface area (TPSA) is 85.2 Å². The molecule has 1 heterocycles. The van der Waals surface area contributed by atoms with Gasteiger partial charge in [-0.15, -0.1) is 0 Å². The van der Waals surface area contributed by atoms with Crippen molar-refractivity contribution in [3.05, 3.63) is 71.5 Å². The summed E-state index contributed by atoms with van der Waals surface area (Å²) in [6.07, 6.45) is 1.55. The average Bonchev–Trinajstić information content (AvgIpc) is 3.09. The Kier molecular flexibility index (Phi) is 5.21. The molecule has 0 aliphatic heterocycles. The standard InChI is InChI=1S/C20H20N4O3/c1-13-6-4-5-7-16(13)23-19(25)15-9-8-14(12-18(15)27-3)22-20(26)17-10-11-21-24(17)2/h4-12H,1-3H3,(H,22,26)(H,23,25). The molecule has 0 aliphatic rings. The molecule has 2 amide bonds. The highest BCUT2D eigenvalue weighted by atomic mass is 16.5. The normalized spacial score (nSPS) is 10.3. The van der Waals surface area contributed by atoms with Gasteiger partial charge in [-0.05, 0) is 36.8 Å². The van der Waals surface area contributed by atoms with E-state index in [9.17, 15) is 9.59 Å². The lowest BCUT2D eigenvalue weighted by Gasteiger charge is -2.13. The summed E-state index contributed by atoms with van der Waals surface area (Å²) in [5.74, 6) is -0.219. The zero-order valence-corrected chi connectivity index (χ0v) is 15.3. The van der Waals surface area contributed by atoms with E-state index in [2.05, 4.69) is 15.7 Å². The highest BCUT2D eigenvalue weighted by Crippen LogP contribution is 2.25. The number of methoxy groups -OCH3 is 1. The lowest BCUT2D eigenvalue weighted by Crippen LogP contribution is -2.17. The fraction of sp³-hybridized carbons (Fsp3) is 0.150. The Bertz CT molecular complexity index is 994. The Hall–Kier alpha value is -3.61. The molecule has 0 fully saturated rings. The van der Waals surface area contributed by atoms with E-state index in [0.29, 0.717) is 22.7 Å². The van der Waals surface area contributed by atoms with Crippen molar-refractivity contribution in [3.8, 4) is 5.75 Å². The van der Waals surface area contributed by atoms with Crippen molar-refractivity contribution >= 4 is 23.2 Å². The molecule has 138 valence electrons. The van der Waals surface area contributed by atoms with Gasteiger partial charge in [0, 0.05) is 30.7 Å². The van der Waals surface area contributed by atoms with E-state index in [0.717, 1.165) is 11.3 Å². The summed E-state index contributed by atoms with van der Waals surface area (Å²) in [4.78, 5) is 24.9. The smallest absolute Gasteiger partial charge is 0.273 e. The molecule has 27 heavy (non-hydrogen) atoms. The van der Waals surface area contributed by atoms with E-state index >= 15 is 0 Å². The van der Waals surface area contributed by atoms with Gasteiger partial charge < -0.3 is 15.4 Å². The number of ether oxygens (including phenoxy) is 1. The minimum Gasteiger partial charge on any atom is -0.496 e. The van der Waals surface area contributed by atoms with Crippen LogP contribution in [-0.2, 0) is 7.05 Å². The van der Waals surface area contributed by atoms with E-state index in [1.165, 1.54) is 11.8 Å². The average molecular weight is 364 g/mol. The van der Waals surface area contributed by atoms with Crippen LogP contribution < -0.4 is 15.4 Å². The first-order valence-corrected chi connectivity index (χ1v) is 8.34. The SMILES string of the molecule is COc1cc(NC(=O)c2ccnn2C)ccc1C(=O)Nc1ccccc1C. The Morgan fingerprint density at radius 1 is 1.04 bits per heavy atom. The number of rotatable bonds is 5. The maximum atomic E-state index is 12.6. The molecule has 0 unspecified atom stereocenters. The first-order chi connectivity index (χ1) is 13.0. The third-order valence-electron chi connectivity index (χ3n) is 4.15. The Labute approximate surface area is 157 Å². The van der Waals surface area contributed by atoms with Crippen LogP contribution in [0, 0.1) is 6.92 Å². The molecule has 0 saturated heterocycles. The lowest BCUT2D eigenvalue weighted by atomic mass is 10.1. The molecule has 0 saturated carbocycles. The monoisotopic (exact) mass is 364 g/mol. The number of amides is 2. The summed E-state index contributed by atoms with van der Waals surface area (Å²) < 4.78 is 6.82. The highest BCUT2D eigenvalue weighted by Gasteiger charge is 2.16. The van der Waals surface area contributed by atoms with Crippen molar-refractivity contribution < 1.29 is 14.3 Å². The Morgan fingerprint density at radius 3 is 2.48 bits per heavy atom. The summed E-state index contributed by atoms with van der Waals surface area (Å²) in [5.41, 5.74) is 3.02. The number of aryl methyl sites for hydroxylation is 2. The molecule has 0 aliphatic carbocycles. The van der Waals surface area contributed by atoms with Crippen molar-refractivity contribution in [2.45, 2.75) is 6.92 Å². The molecular weight excluding hydrogens is 344 g/mol. The molecule has 3 rings (SSSR count). The van der Waals surface area contributed by atoms with E-state index in [1.54, 1.807) is 37.5 Å². The predicted molar refractivity (Wildman–Crippen MR) is 103 cm³/mol. The third kappa shape index (κ3) is 3.98. The Balaban J connectivity index is 1.80. The zero-order valence-electron chi connectivity index (χ0n) is 15.3. The molecule has 0 spiro atoms. The number of aromatic nitrogens is 2. The molecule has 7 heteroatoms. The van der Waals surface area contributed by atoms with Gasteiger partial charge in [-0.1, -0.05) is 18.2 Å². The van der Waals surface area contributed by atoms with Gasteiger partial charge in [0.1, 0.15) is 11.4 Å². The lowest BCUT2D eigenvalue weighted by molar-refractivity contribution is 0.101. The van der Waals surface area contributed by atoms with Crippen molar-refractivity contribution in [1.82, 2.24) is 9.78 Å². The maximum absolute atomic E-state index is 12.6. The number of carbonyl (C=O) groups excluding carboxylic acids is 2. The van der Waals surface area contributed by atoms with Gasteiger partial charge in [-0.25, -0.2) is 0 Å². The van der Waals surface area contributed by atoms with Crippen LogP contribution in [0.15, 0.2) is 54.7 Å². The van der Waals surface area contributed by atoms with Gasteiger partial charge >= 0.3 is 0 Å². The van der Waals surface area contributed by atoms with E-state index in [4.69, 9.17) is 4.74 Å². The highest BCUT2D eigenvalue weighted by molar-refractivity contribution is 6.08. The maximum Gasteiger partial charge on any atom is 0.273 e. The summed E-state index contributed by atoms with van der Waals surface area (Å²) in [5, 5.41) is 9.62. The number of anilines is 2. The molecule has 0 atom stereocenters. The van der Waals surface area contributed by atoms with Gasteiger partial charge in [0.15, 0.2) is 0 Å². The molecular formula is C20H20N4O3. The molecule has 0 bridgehead atoms. The summed E-state index contributed by atoms with van der Waals surface area (Å²) in [6.45, 7) is 1.92. The van der Waals surface area contributed by atoms with Gasteiger partial charge in [-0.3, -0.25) is 14.3 Å². The van der Waals surface area contributed by atoms with Crippen LogP contribution in [0.1, 0.15) is 26.4 Å². The predicted octanol–water partition coefficient (Wildman–Crippen LogP) is 3.24. The second kappa shape index (κ2) is 7.74. The fourth-order valence-corrected chi connectivity index (χ4v) is 2.65. The van der Waals surface area contributed by atoms with Gasteiger partial charge in [0.2, 0.25) is 0 Å². The number of nitrogens with zero attached hydrogens (tertiary/aromatic N) is 2. The van der Waals surface area contributed by atoms with Crippen LogP contribution >= 0.6 is 0 Å². The van der Waals surface area contributed by atoms with Crippen LogP contribution in [0.25, 0.3) is 0 Å². The van der Waals surface area contributed by atoms with Crippen LogP contribution in [0.3, 0.4) is 0 Å². The quantitative estimate of drug-likeness (QED) is 0.728. The van der Waals surface area contributed by atoms with Crippen molar-refractivity contribution in [1.29, 1.82) is 0 Å².